The number of rotatable bonds is 6. The minimum atomic E-state index is -0.413. The Balaban J connectivity index is 1.98. The maximum atomic E-state index is 12.2. The van der Waals surface area contributed by atoms with Crippen molar-refractivity contribution in [3.05, 3.63) is 64.5 Å². The van der Waals surface area contributed by atoms with Crippen LogP contribution in [0.1, 0.15) is 5.56 Å². The van der Waals surface area contributed by atoms with Gasteiger partial charge in [-0.3, -0.25) is 4.79 Å². The molecule has 2 aromatic carbocycles. The zero-order valence-corrected chi connectivity index (χ0v) is 16.3. The third-order valence-electron chi connectivity index (χ3n) is 4.84. The van der Waals surface area contributed by atoms with Crippen LogP contribution in [0, 0.1) is 6.92 Å². The SMILES string of the molecule is Cc1ccccc1-c1cc(=O)oc2cc(N(C)CC(=O)N(C)CCO)ccc12. The number of nitrogens with zero attached hydrogens (tertiary/aromatic N) is 2. The quantitative estimate of drug-likeness (QED) is 0.666. The number of hydrogen-bond donors (Lipinski definition) is 1. The summed E-state index contributed by atoms with van der Waals surface area (Å²) in [7, 11) is 3.45. The third-order valence-corrected chi connectivity index (χ3v) is 4.84. The molecule has 1 amide bonds. The number of aliphatic hydroxyl groups excluding tert-OH is 1. The Kier molecular flexibility index (Phi) is 5.80. The van der Waals surface area contributed by atoms with E-state index in [1.54, 1.807) is 25.1 Å². The molecule has 1 aromatic heterocycles. The first kappa shape index (κ1) is 19.6. The fraction of sp³-hybridized carbons (Fsp3) is 0.273. The summed E-state index contributed by atoms with van der Waals surface area (Å²) in [5.74, 6) is -0.105. The summed E-state index contributed by atoms with van der Waals surface area (Å²) in [4.78, 5) is 27.6. The Bertz CT molecular complexity index is 1060. The molecule has 6 nitrogen and oxygen atoms in total. The first-order valence-corrected chi connectivity index (χ1v) is 9.10. The van der Waals surface area contributed by atoms with Gasteiger partial charge in [-0.1, -0.05) is 24.3 Å². The lowest BCUT2D eigenvalue weighted by atomic mass is 9.98. The molecule has 146 valence electrons. The summed E-state index contributed by atoms with van der Waals surface area (Å²) in [5.41, 5.74) is 3.73. The van der Waals surface area contributed by atoms with Gasteiger partial charge in [0.25, 0.3) is 0 Å². The van der Waals surface area contributed by atoms with E-state index in [-0.39, 0.29) is 19.1 Å². The van der Waals surface area contributed by atoms with Crippen LogP contribution in [0.15, 0.2) is 57.7 Å². The van der Waals surface area contributed by atoms with Crippen molar-refractivity contribution in [2.45, 2.75) is 6.92 Å². The van der Waals surface area contributed by atoms with E-state index in [1.165, 1.54) is 11.0 Å². The highest BCUT2D eigenvalue weighted by Gasteiger charge is 2.14. The van der Waals surface area contributed by atoms with Crippen molar-refractivity contribution >= 4 is 22.6 Å². The zero-order valence-electron chi connectivity index (χ0n) is 16.3. The largest absolute Gasteiger partial charge is 0.423 e. The smallest absolute Gasteiger partial charge is 0.336 e. The van der Waals surface area contributed by atoms with E-state index in [1.807, 2.05) is 43.3 Å². The lowest BCUT2D eigenvalue weighted by Gasteiger charge is -2.23. The molecule has 1 heterocycles. The number of aryl methyl sites for hydroxylation is 1. The molecule has 0 bridgehead atoms. The summed E-state index contributed by atoms with van der Waals surface area (Å²) in [6.45, 7) is 2.38. The third kappa shape index (κ3) is 4.07. The Morgan fingerprint density at radius 2 is 1.82 bits per heavy atom. The second kappa shape index (κ2) is 8.27. The minimum Gasteiger partial charge on any atom is -0.423 e. The van der Waals surface area contributed by atoms with Gasteiger partial charge in [0, 0.05) is 49.4 Å². The first-order valence-electron chi connectivity index (χ1n) is 9.10. The molecule has 0 saturated carbocycles. The topological polar surface area (TPSA) is 74.0 Å². The number of likely N-dealkylation sites (N-methyl/N-ethyl adjacent to an activating group) is 2. The number of carbonyl (C=O) groups excluding carboxylic acids is 1. The van der Waals surface area contributed by atoms with Crippen molar-refractivity contribution in [3.8, 4) is 11.1 Å². The zero-order chi connectivity index (χ0) is 20.3. The van der Waals surface area contributed by atoms with Gasteiger partial charge < -0.3 is 19.3 Å². The molecule has 0 aliphatic rings. The summed E-state index contributed by atoms with van der Waals surface area (Å²) in [6, 6.07) is 15.0. The molecular weight excluding hydrogens is 356 g/mol. The fourth-order valence-electron chi connectivity index (χ4n) is 3.18. The first-order chi connectivity index (χ1) is 13.4. The van der Waals surface area contributed by atoms with Crippen LogP contribution in [0.2, 0.25) is 0 Å². The standard InChI is InChI=1S/C22H24N2O4/c1-15-6-4-5-7-17(15)19-13-22(27)28-20-12-16(8-9-18(19)20)24(3)14-21(26)23(2)10-11-25/h4-9,12-13,25H,10-11,14H2,1-3H3. The van der Waals surface area contributed by atoms with E-state index < -0.39 is 5.63 Å². The normalized spacial score (nSPS) is 10.9. The van der Waals surface area contributed by atoms with Gasteiger partial charge in [0.1, 0.15) is 5.58 Å². The van der Waals surface area contributed by atoms with Gasteiger partial charge in [-0.2, -0.15) is 0 Å². The number of benzene rings is 2. The Labute approximate surface area is 163 Å². The Morgan fingerprint density at radius 1 is 1.07 bits per heavy atom. The van der Waals surface area contributed by atoms with E-state index in [0.717, 1.165) is 27.8 Å². The van der Waals surface area contributed by atoms with E-state index in [0.29, 0.717) is 12.1 Å². The maximum Gasteiger partial charge on any atom is 0.336 e. The van der Waals surface area contributed by atoms with Crippen molar-refractivity contribution in [1.29, 1.82) is 0 Å². The van der Waals surface area contributed by atoms with Crippen molar-refractivity contribution in [2.24, 2.45) is 0 Å². The number of aliphatic hydroxyl groups is 1. The molecular formula is C22H24N2O4. The highest BCUT2D eigenvalue weighted by atomic mass is 16.4. The molecule has 6 heteroatoms. The van der Waals surface area contributed by atoms with Crippen LogP contribution in [0.25, 0.3) is 22.1 Å². The highest BCUT2D eigenvalue weighted by molar-refractivity contribution is 5.95. The van der Waals surface area contributed by atoms with Crippen molar-refractivity contribution in [3.63, 3.8) is 0 Å². The Morgan fingerprint density at radius 3 is 2.54 bits per heavy atom. The van der Waals surface area contributed by atoms with Crippen molar-refractivity contribution in [2.75, 3.05) is 38.7 Å². The van der Waals surface area contributed by atoms with E-state index in [4.69, 9.17) is 9.52 Å². The number of hydrogen-bond acceptors (Lipinski definition) is 5. The van der Waals surface area contributed by atoms with E-state index >= 15 is 0 Å². The molecule has 3 rings (SSSR count). The molecule has 0 atom stereocenters. The number of carbonyl (C=O) groups is 1. The van der Waals surface area contributed by atoms with E-state index in [9.17, 15) is 9.59 Å². The van der Waals surface area contributed by atoms with Gasteiger partial charge in [0.05, 0.1) is 13.2 Å². The monoisotopic (exact) mass is 380 g/mol. The Hall–Kier alpha value is -3.12. The van der Waals surface area contributed by atoms with Crippen LogP contribution < -0.4 is 10.5 Å². The molecule has 0 unspecified atom stereocenters. The summed E-state index contributed by atoms with van der Waals surface area (Å²) in [6.07, 6.45) is 0. The minimum absolute atomic E-state index is 0.0746. The van der Waals surface area contributed by atoms with Crippen LogP contribution in [0.3, 0.4) is 0 Å². The molecule has 28 heavy (non-hydrogen) atoms. The van der Waals surface area contributed by atoms with Gasteiger partial charge in [0.2, 0.25) is 5.91 Å². The molecule has 0 spiro atoms. The van der Waals surface area contributed by atoms with Gasteiger partial charge in [-0.15, -0.1) is 0 Å². The van der Waals surface area contributed by atoms with Crippen LogP contribution in [0.4, 0.5) is 5.69 Å². The van der Waals surface area contributed by atoms with Crippen LogP contribution in [0.5, 0.6) is 0 Å². The predicted octanol–water partition coefficient (Wildman–Crippen LogP) is 2.66. The van der Waals surface area contributed by atoms with Crippen LogP contribution in [-0.4, -0.2) is 49.7 Å². The highest BCUT2D eigenvalue weighted by Crippen LogP contribution is 2.31. The predicted molar refractivity (Wildman–Crippen MR) is 111 cm³/mol. The van der Waals surface area contributed by atoms with Gasteiger partial charge in [-0.05, 0) is 30.2 Å². The molecule has 3 aromatic rings. The van der Waals surface area contributed by atoms with Crippen molar-refractivity contribution < 1.29 is 14.3 Å². The van der Waals surface area contributed by atoms with Gasteiger partial charge in [-0.25, -0.2) is 4.79 Å². The molecule has 1 N–H and O–H groups in total. The van der Waals surface area contributed by atoms with Crippen LogP contribution in [-0.2, 0) is 4.79 Å². The summed E-state index contributed by atoms with van der Waals surface area (Å²) < 4.78 is 5.43. The number of anilines is 1. The lowest BCUT2D eigenvalue weighted by Crippen LogP contribution is -2.38. The van der Waals surface area contributed by atoms with Crippen molar-refractivity contribution in [1.82, 2.24) is 4.90 Å². The maximum absolute atomic E-state index is 12.2. The number of amides is 1. The van der Waals surface area contributed by atoms with Crippen LogP contribution >= 0.6 is 0 Å². The van der Waals surface area contributed by atoms with Gasteiger partial charge in [0.15, 0.2) is 0 Å². The molecule has 0 saturated heterocycles. The molecule has 0 aliphatic carbocycles. The summed E-state index contributed by atoms with van der Waals surface area (Å²) in [5, 5.41) is 9.81. The molecule has 0 radical (unpaired) electrons. The average molecular weight is 380 g/mol. The van der Waals surface area contributed by atoms with Gasteiger partial charge >= 0.3 is 5.63 Å². The van der Waals surface area contributed by atoms with E-state index in [2.05, 4.69) is 0 Å². The number of fused-ring (bicyclic) bond motifs is 1. The second-order valence-electron chi connectivity index (χ2n) is 6.87. The fourth-order valence-corrected chi connectivity index (χ4v) is 3.18. The molecule has 0 fully saturated rings. The summed E-state index contributed by atoms with van der Waals surface area (Å²) >= 11 is 0. The average Bonchev–Trinajstić information content (AvgIpc) is 2.67. The molecule has 0 aliphatic heterocycles. The second-order valence-corrected chi connectivity index (χ2v) is 6.87. The lowest BCUT2D eigenvalue weighted by molar-refractivity contribution is -0.128.